The van der Waals surface area contributed by atoms with E-state index in [9.17, 15) is 18.4 Å². The van der Waals surface area contributed by atoms with Crippen LogP contribution in [0.2, 0.25) is 0 Å². The van der Waals surface area contributed by atoms with Crippen LogP contribution in [-0.2, 0) is 37.8 Å². The molecule has 0 bridgehead atoms. The van der Waals surface area contributed by atoms with Gasteiger partial charge in [-0.3, -0.25) is 4.79 Å². The van der Waals surface area contributed by atoms with E-state index in [4.69, 9.17) is 24.7 Å². The molecule has 8 rings (SSSR count). The molecule has 0 spiro atoms. The standard InChI is InChI=1S/C44H47F2N9O6/c1-30(31(2)60-42(56)41(47)22-32-6-4-3-5-7-32)55-43(57)54(29-50-55)36-11-9-34(10-12-36)51-18-20-52(21-19-51)35-13-15-37(16-14-35)58-24-38-25-59-44(61-38,26-53-28-48-27-49-53)39-17-8-33(45)23-40(39)46/h3-17,23,27-31,38,41H,18-22,24-26,47H2,1-2H3/t30-,31?,38-,41-,44+/m0/s1. The highest BCUT2D eigenvalue weighted by Crippen LogP contribution is 2.38. The summed E-state index contributed by atoms with van der Waals surface area (Å²) < 4.78 is 56.9. The molecule has 2 fully saturated rings. The van der Waals surface area contributed by atoms with Crippen LogP contribution in [0.1, 0.15) is 31.0 Å². The Labute approximate surface area is 350 Å². The van der Waals surface area contributed by atoms with E-state index in [1.165, 1.54) is 45.0 Å². The number of anilines is 2. The van der Waals surface area contributed by atoms with Crippen LogP contribution in [0.25, 0.3) is 5.69 Å². The summed E-state index contributed by atoms with van der Waals surface area (Å²) in [7, 11) is 0. The quantitative estimate of drug-likeness (QED) is 0.143. The third kappa shape index (κ3) is 9.33. The van der Waals surface area contributed by atoms with Crippen LogP contribution in [0, 0.1) is 11.6 Å². The summed E-state index contributed by atoms with van der Waals surface area (Å²) >= 11 is 0. The molecule has 0 saturated carbocycles. The van der Waals surface area contributed by atoms with Gasteiger partial charge in [0.1, 0.15) is 67.8 Å². The van der Waals surface area contributed by atoms with Gasteiger partial charge in [-0.25, -0.2) is 32.5 Å². The highest BCUT2D eigenvalue weighted by Gasteiger charge is 2.46. The maximum absolute atomic E-state index is 14.9. The molecule has 61 heavy (non-hydrogen) atoms. The van der Waals surface area contributed by atoms with Gasteiger partial charge < -0.3 is 34.5 Å². The highest BCUT2D eigenvalue weighted by molar-refractivity contribution is 5.76. The maximum atomic E-state index is 14.9. The van der Waals surface area contributed by atoms with Crippen LogP contribution in [0.3, 0.4) is 0 Å². The molecule has 0 amide bonds. The Hall–Kier alpha value is -6.43. The SMILES string of the molecule is CC(OC(=O)[C@@H](N)Cc1ccccc1)[C@H](C)n1ncn(-c2ccc(N3CCN(c4ccc(OC[C@H]5CO[C@@](Cn6cncn6)(c6ccc(F)cc6F)O5)cc4)CC3)cc2)c1=O. The molecule has 2 saturated heterocycles. The molecule has 17 heteroatoms. The summed E-state index contributed by atoms with van der Waals surface area (Å²) in [5, 5.41) is 8.44. The second-order valence-electron chi connectivity index (χ2n) is 15.2. The average Bonchev–Trinajstić information content (AvgIpc) is 4.04. The lowest BCUT2D eigenvalue weighted by molar-refractivity contribution is -0.192. The van der Waals surface area contributed by atoms with Crippen molar-refractivity contribution < 1.29 is 32.5 Å². The third-order valence-corrected chi connectivity index (χ3v) is 11.1. The zero-order chi connectivity index (χ0) is 42.5. The number of esters is 1. The molecule has 4 heterocycles. The number of hydrogen-bond donors (Lipinski definition) is 1. The summed E-state index contributed by atoms with van der Waals surface area (Å²) in [4.78, 5) is 34.7. The monoisotopic (exact) mass is 835 g/mol. The van der Waals surface area contributed by atoms with E-state index in [1.54, 1.807) is 13.8 Å². The molecular formula is C44H47F2N9O6. The van der Waals surface area contributed by atoms with Crippen molar-refractivity contribution in [3.8, 4) is 11.4 Å². The maximum Gasteiger partial charge on any atom is 0.350 e. The number of aromatic nitrogens is 6. The van der Waals surface area contributed by atoms with Gasteiger partial charge in [0.2, 0.25) is 5.79 Å². The Morgan fingerprint density at radius 2 is 1.56 bits per heavy atom. The zero-order valence-electron chi connectivity index (χ0n) is 33.8. The van der Waals surface area contributed by atoms with Crippen LogP contribution in [0.4, 0.5) is 20.2 Å². The topological polar surface area (TPSA) is 157 Å². The molecule has 6 aromatic rings. The minimum Gasteiger partial charge on any atom is -0.491 e. The lowest BCUT2D eigenvalue weighted by Crippen LogP contribution is -2.46. The zero-order valence-corrected chi connectivity index (χ0v) is 33.8. The van der Waals surface area contributed by atoms with Crippen LogP contribution in [0.15, 0.2) is 121 Å². The van der Waals surface area contributed by atoms with Gasteiger partial charge in [0.25, 0.3) is 0 Å². The minimum absolute atomic E-state index is 0.0156. The van der Waals surface area contributed by atoms with Gasteiger partial charge in [-0.2, -0.15) is 10.2 Å². The van der Waals surface area contributed by atoms with Crippen LogP contribution >= 0.6 is 0 Å². The Morgan fingerprint density at radius 3 is 2.21 bits per heavy atom. The van der Waals surface area contributed by atoms with E-state index >= 15 is 0 Å². The van der Waals surface area contributed by atoms with Crippen molar-refractivity contribution in [3.63, 3.8) is 0 Å². The molecule has 1 unspecified atom stereocenters. The normalized spacial score (nSPS) is 19.4. The van der Waals surface area contributed by atoms with Crippen molar-refractivity contribution in [2.75, 3.05) is 49.2 Å². The van der Waals surface area contributed by atoms with E-state index < -0.39 is 47.7 Å². The van der Waals surface area contributed by atoms with E-state index in [1.807, 2.05) is 78.9 Å². The summed E-state index contributed by atoms with van der Waals surface area (Å²) in [6.45, 7) is 6.99. The number of halogens is 2. The summed E-state index contributed by atoms with van der Waals surface area (Å²) in [6, 6.07) is 27.0. The Balaban J connectivity index is 0.813. The molecule has 5 atom stereocenters. The molecule has 4 aromatic carbocycles. The number of nitrogens with two attached hydrogens (primary N) is 1. The van der Waals surface area contributed by atoms with E-state index in [0.29, 0.717) is 17.9 Å². The van der Waals surface area contributed by atoms with Gasteiger partial charge >= 0.3 is 11.7 Å². The fraction of sp³-hybridized carbons (Fsp3) is 0.341. The number of hydrogen-bond acceptors (Lipinski definition) is 12. The summed E-state index contributed by atoms with van der Waals surface area (Å²) in [5.74, 6) is -2.91. The van der Waals surface area contributed by atoms with Crippen LogP contribution in [-0.4, -0.2) is 92.7 Å². The first kappa shape index (κ1) is 41.3. The Bertz CT molecular complexity index is 2440. The van der Waals surface area contributed by atoms with Crippen molar-refractivity contribution in [1.82, 2.24) is 29.1 Å². The molecule has 0 radical (unpaired) electrons. The Morgan fingerprint density at radius 1 is 0.885 bits per heavy atom. The summed E-state index contributed by atoms with van der Waals surface area (Å²) in [6.07, 6.45) is 3.49. The van der Waals surface area contributed by atoms with Crippen molar-refractivity contribution in [3.05, 3.63) is 149 Å². The number of rotatable bonds is 15. The third-order valence-electron chi connectivity index (χ3n) is 11.1. The number of carbonyl (C=O) groups is 1. The van der Waals surface area contributed by atoms with E-state index in [2.05, 4.69) is 25.0 Å². The first-order valence-corrected chi connectivity index (χ1v) is 20.1. The largest absolute Gasteiger partial charge is 0.491 e. The molecule has 318 valence electrons. The second-order valence-corrected chi connectivity index (χ2v) is 15.2. The summed E-state index contributed by atoms with van der Waals surface area (Å²) in [5.41, 5.74) is 9.54. The van der Waals surface area contributed by atoms with E-state index in [0.717, 1.165) is 49.2 Å². The predicted molar refractivity (Wildman–Crippen MR) is 221 cm³/mol. The first-order valence-electron chi connectivity index (χ1n) is 20.1. The predicted octanol–water partition coefficient (Wildman–Crippen LogP) is 4.64. The first-order chi connectivity index (χ1) is 29.5. The van der Waals surface area contributed by atoms with Gasteiger partial charge in [0.05, 0.1) is 18.3 Å². The highest BCUT2D eigenvalue weighted by atomic mass is 19.1. The lowest BCUT2D eigenvalue weighted by atomic mass is 10.0. The molecule has 2 aliphatic rings. The number of nitrogens with zero attached hydrogens (tertiary/aromatic N) is 8. The van der Waals surface area contributed by atoms with Gasteiger partial charge in [-0.15, -0.1) is 0 Å². The van der Waals surface area contributed by atoms with Gasteiger partial charge in [-0.05, 0) is 86.5 Å². The fourth-order valence-corrected chi connectivity index (χ4v) is 7.56. The molecule has 2 aromatic heterocycles. The smallest absolute Gasteiger partial charge is 0.350 e. The van der Waals surface area contributed by atoms with Crippen LogP contribution in [0.5, 0.6) is 5.75 Å². The number of piperazine rings is 1. The van der Waals surface area contributed by atoms with Gasteiger partial charge in [0.15, 0.2) is 0 Å². The van der Waals surface area contributed by atoms with Crippen molar-refractivity contribution in [2.24, 2.45) is 5.73 Å². The van der Waals surface area contributed by atoms with E-state index in [-0.39, 0.29) is 31.0 Å². The molecular weight excluding hydrogens is 789 g/mol. The minimum atomic E-state index is -1.53. The van der Waals surface area contributed by atoms with Crippen molar-refractivity contribution in [1.29, 1.82) is 0 Å². The van der Waals surface area contributed by atoms with Gasteiger partial charge in [0, 0.05) is 49.2 Å². The number of ether oxygens (including phenoxy) is 4. The molecule has 2 N–H and O–H groups in total. The lowest BCUT2D eigenvalue weighted by Gasteiger charge is -2.37. The van der Waals surface area contributed by atoms with Crippen molar-refractivity contribution >= 4 is 17.3 Å². The fourth-order valence-electron chi connectivity index (χ4n) is 7.56. The van der Waals surface area contributed by atoms with Crippen molar-refractivity contribution in [2.45, 2.75) is 56.9 Å². The molecule has 0 aliphatic carbocycles. The van der Waals surface area contributed by atoms with Gasteiger partial charge in [-0.1, -0.05) is 30.3 Å². The molecule has 2 aliphatic heterocycles. The molecule has 15 nitrogen and oxygen atoms in total. The second kappa shape index (κ2) is 18.0. The number of carbonyl (C=O) groups excluding carboxylic acids is 1. The number of benzene rings is 4. The Kier molecular flexibility index (Phi) is 12.2. The average molecular weight is 836 g/mol. The van der Waals surface area contributed by atoms with Crippen LogP contribution < -0.4 is 26.0 Å².